The molecule has 2 aliphatic carbocycles. The summed E-state index contributed by atoms with van der Waals surface area (Å²) in [5.41, 5.74) is 2.30. The summed E-state index contributed by atoms with van der Waals surface area (Å²) in [4.78, 5) is 53.3. The number of nitrogens with zero attached hydrogens (tertiary/aromatic N) is 2. The minimum absolute atomic E-state index is 0.0612. The van der Waals surface area contributed by atoms with Gasteiger partial charge in [0.25, 0.3) is 11.8 Å². The number of fused-ring (bicyclic) bond motifs is 4. The van der Waals surface area contributed by atoms with Crippen LogP contribution in [0.2, 0.25) is 0 Å². The predicted molar refractivity (Wildman–Crippen MR) is 145 cm³/mol. The number of anilines is 1. The van der Waals surface area contributed by atoms with Gasteiger partial charge < -0.3 is 5.11 Å². The van der Waals surface area contributed by atoms with E-state index in [0.29, 0.717) is 23.2 Å². The van der Waals surface area contributed by atoms with Gasteiger partial charge in [0.2, 0.25) is 11.8 Å². The van der Waals surface area contributed by atoms with Crippen LogP contribution in [0.4, 0.5) is 5.69 Å². The van der Waals surface area contributed by atoms with Crippen LogP contribution in [0.25, 0.3) is 0 Å². The fourth-order valence-corrected chi connectivity index (χ4v) is 8.24. The normalized spacial score (nSPS) is 34.3. The number of allylic oxidation sites excluding steroid dienone is 2. The van der Waals surface area contributed by atoms with Gasteiger partial charge in [-0.3, -0.25) is 29.0 Å². The van der Waals surface area contributed by atoms with E-state index in [9.17, 15) is 24.3 Å². The van der Waals surface area contributed by atoms with Crippen LogP contribution in [-0.4, -0.2) is 48.8 Å². The lowest BCUT2D eigenvalue weighted by atomic mass is 9.56. The van der Waals surface area contributed by atoms with E-state index >= 15 is 0 Å². The van der Waals surface area contributed by atoms with E-state index in [2.05, 4.69) is 15.9 Å². The summed E-state index contributed by atoms with van der Waals surface area (Å²) in [5.74, 6) is -4.61. The SMILES string of the molecule is Cc1cc(C2C3=CCC4C(=O)N(c5ccccc5)C(=O)C4C3CC3(Cl)C(=O)N(CBr)C(=O)C23Cl)ccc1O. The minimum Gasteiger partial charge on any atom is -0.508 e. The number of rotatable bonds is 3. The third kappa shape index (κ3) is 3.14. The molecule has 4 amide bonds. The van der Waals surface area contributed by atoms with Crippen molar-refractivity contribution in [2.24, 2.45) is 17.8 Å². The number of hydrogen-bond donors (Lipinski definition) is 1. The molecule has 1 saturated carbocycles. The lowest BCUT2D eigenvalue weighted by Gasteiger charge is -2.50. The molecule has 2 heterocycles. The molecular weight excluding hydrogens is 595 g/mol. The van der Waals surface area contributed by atoms with Crippen molar-refractivity contribution in [2.75, 3.05) is 10.4 Å². The molecule has 1 N–H and O–H groups in total. The van der Waals surface area contributed by atoms with Gasteiger partial charge in [0.1, 0.15) is 5.75 Å². The van der Waals surface area contributed by atoms with Gasteiger partial charge in [-0.25, -0.2) is 0 Å². The number of para-hydroxylation sites is 1. The van der Waals surface area contributed by atoms with Crippen molar-refractivity contribution in [1.29, 1.82) is 0 Å². The Hall–Kier alpha value is -2.68. The van der Waals surface area contributed by atoms with E-state index < -0.39 is 45.2 Å². The lowest BCUT2D eigenvalue weighted by Crippen LogP contribution is -2.60. The smallest absolute Gasteiger partial charge is 0.254 e. The molecule has 2 aromatic rings. The average Bonchev–Trinajstić information content (AvgIpc) is 3.24. The first-order valence-corrected chi connectivity index (χ1v) is 14.2. The zero-order valence-electron chi connectivity index (χ0n) is 20.2. The number of halogens is 3. The molecular formula is C28H23BrCl2N2O5. The number of benzene rings is 2. The van der Waals surface area contributed by atoms with Crippen molar-refractivity contribution in [3.05, 3.63) is 71.3 Å². The summed E-state index contributed by atoms with van der Waals surface area (Å²) in [6, 6.07) is 13.7. The second kappa shape index (κ2) is 8.66. The molecule has 7 nitrogen and oxygen atoms in total. The lowest BCUT2D eigenvalue weighted by molar-refractivity contribution is -0.138. The van der Waals surface area contributed by atoms with Gasteiger partial charge >= 0.3 is 0 Å². The number of phenolic OH excluding ortho intramolecular Hbond substituents is 1. The fraction of sp³-hybridized carbons (Fsp3) is 0.357. The Labute approximate surface area is 237 Å². The van der Waals surface area contributed by atoms with Crippen LogP contribution in [0.15, 0.2) is 60.2 Å². The van der Waals surface area contributed by atoms with Gasteiger partial charge in [-0.1, -0.05) is 57.9 Å². The summed E-state index contributed by atoms with van der Waals surface area (Å²) >= 11 is 17.6. The van der Waals surface area contributed by atoms with E-state index in [1.807, 2.05) is 12.1 Å². The number of alkyl halides is 3. The van der Waals surface area contributed by atoms with E-state index in [0.717, 1.165) is 10.5 Å². The standard InChI is InChI=1S/C28H23BrCl2N2O5/c1-14-11-15(7-10-20(14)34)22-17-8-9-18-21(24(36)33(23(18)35)16-5-3-2-4-6-16)19(17)12-27(30)25(37)32(13-29)26(38)28(22,27)31/h2-8,10-11,18-19,21-22,34H,9,12-13H2,1H3. The Kier molecular flexibility index (Phi) is 5.83. The number of likely N-dealkylation sites (tertiary alicyclic amines) is 1. The molecule has 196 valence electrons. The maximum Gasteiger partial charge on any atom is 0.254 e. The predicted octanol–water partition coefficient (Wildman–Crippen LogP) is 4.62. The molecule has 2 saturated heterocycles. The number of hydrogen-bond acceptors (Lipinski definition) is 5. The van der Waals surface area contributed by atoms with Crippen LogP contribution in [0.3, 0.4) is 0 Å². The summed E-state index contributed by atoms with van der Waals surface area (Å²) in [5, 5.41) is 10.2. The molecule has 6 atom stereocenters. The highest BCUT2D eigenvalue weighted by atomic mass is 79.9. The van der Waals surface area contributed by atoms with Crippen molar-refractivity contribution >= 4 is 68.4 Å². The summed E-state index contributed by atoms with van der Waals surface area (Å²) in [7, 11) is 0. The van der Waals surface area contributed by atoms with Crippen LogP contribution >= 0.6 is 39.1 Å². The van der Waals surface area contributed by atoms with Crippen LogP contribution in [-0.2, 0) is 19.2 Å². The van der Waals surface area contributed by atoms with E-state index in [1.54, 1.807) is 43.3 Å². The van der Waals surface area contributed by atoms with Gasteiger partial charge in [0.05, 0.1) is 23.0 Å². The van der Waals surface area contributed by atoms with Gasteiger partial charge in [0.15, 0.2) is 9.75 Å². The van der Waals surface area contributed by atoms with E-state index in [-0.39, 0.29) is 29.4 Å². The summed E-state index contributed by atoms with van der Waals surface area (Å²) in [6.07, 6.45) is 2.13. The van der Waals surface area contributed by atoms with Gasteiger partial charge in [-0.05, 0) is 55.0 Å². The fourth-order valence-electron chi connectivity index (χ4n) is 6.82. The molecule has 0 spiro atoms. The monoisotopic (exact) mass is 616 g/mol. The van der Waals surface area contributed by atoms with Crippen LogP contribution in [0.1, 0.15) is 29.9 Å². The van der Waals surface area contributed by atoms with Crippen LogP contribution in [0, 0.1) is 24.7 Å². The number of imide groups is 2. The zero-order valence-corrected chi connectivity index (χ0v) is 23.3. The largest absolute Gasteiger partial charge is 0.508 e. The Morgan fingerprint density at radius 1 is 1.00 bits per heavy atom. The molecule has 0 bridgehead atoms. The van der Waals surface area contributed by atoms with Crippen LogP contribution in [0.5, 0.6) is 5.75 Å². The Morgan fingerprint density at radius 3 is 2.37 bits per heavy atom. The summed E-state index contributed by atoms with van der Waals surface area (Å²) in [6.45, 7) is 1.72. The van der Waals surface area contributed by atoms with Crippen molar-refractivity contribution in [3.63, 3.8) is 0 Å². The van der Waals surface area contributed by atoms with Gasteiger partial charge in [-0.2, -0.15) is 0 Å². The third-order valence-corrected chi connectivity index (χ3v) is 10.5. The zero-order chi connectivity index (χ0) is 27.1. The average molecular weight is 618 g/mol. The first kappa shape index (κ1) is 25.6. The molecule has 2 aliphatic heterocycles. The number of phenols is 1. The number of amides is 4. The highest BCUT2D eigenvalue weighted by molar-refractivity contribution is 9.09. The third-order valence-electron chi connectivity index (χ3n) is 8.58. The Morgan fingerprint density at radius 2 is 1.71 bits per heavy atom. The topological polar surface area (TPSA) is 95.0 Å². The van der Waals surface area contributed by atoms with Crippen molar-refractivity contribution in [3.8, 4) is 5.75 Å². The maximum atomic E-state index is 13.9. The highest BCUT2D eigenvalue weighted by Crippen LogP contribution is 2.65. The maximum absolute atomic E-state index is 13.9. The number of aryl methyl sites for hydroxylation is 1. The molecule has 0 aromatic heterocycles. The van der Waals surface area contributed by atoms with Gasteiger partial charge in [-0.15, -0.1) is 23.2 Å². The van der Waals surface area contributed by atoms with E-state index in [4.69, 9.17) is 23.2 Å². The van der Waals surface area contributed by atoms with Crippen LogP contribution < -0.4 is 4.90 Å². The summed E-state index contributed by atoms with van der Waals surface area (Å²) < 4.78 is 0. The van der Waals surface area contributed by atoms with Crippen molar-refractivity contribution < 1.29 is 24.3 Å². The number of carbonyl (C=O) groups excluding carboxylic acids is 4. The second-order valence-corrected chi connectivity index (χ2v) is 12.1. The van der Waals surface area contributed by atoms with Gasteiger partial charge in [0, 0.05) is 5.92 Å². The van der Waals surface area contributed by atoms with E-state index in [1.165, 1.54) is 11.0 Å². The second-order valence-electron chi connectivity index (χ2n) is 10.4. The quantitative estimate of drug-likeness (QED) is 0.235. The molecule has 38 heavy (non-hydrogen) atoms. The van der Waals surface area contributed by atoms with Crippen molar-refractivity contribution in [1.82, 2.24) is 4.90 Å². The number of aromatic hydroxyl groups is 1. The first-order valence-electron chi connectivity index (χ1n) is 12.3. The molecule has 3 fully saturated rings. The molecule has 0 radical (unpaired) electrons. The van der Waals surface area contributed by atoms with Crippen molar-refractivity contribution in [2.45, 2.75) is 35.4 Å². The Balaban J connectivity index is 1.53. The molecule has 6 rings (SSSR count). The molecule has 10 heteroatoms. The Bertz CT molecular complexity index is 1450. The molecule has 6 unspecified atom stereocenters. The molecule has 2 aromatic carbocycles. The number of carbonyl (C=O) groups is 4. The minimum atomic E-state index is -1.86. The highest BCUT2D eigenvalue weighted by Gasteiger charge is 2.76. The first-order chi connectivity index (χ1) is 18.1. The molecule has 4 aliphatic rings.